The molecule has 1 heterocycles. The first-order valence-corrected chi connectivity index (χ1v) is 10.6. The van der Waals surface area contributed by atoms with E-state index in [0.29, 0.717) is 0 Å². The number of ether oxygens (including phenoxy) is 2. The van der Waals surface area contributed by atoms with Crippen LogP contribution in [0.15, 0.2) is 18.2 Å². The summed E-state index contributed by atoms with van der Waals surface area (Å²) in [5, 5.41) is 8.36. The number of Topliss-reactive ketones (excluding diaryl/α,β-unsaturated/α-hetero) is 1. The number of esters is 1. The number of piperidine rings is 1. The normalized spacial score (nSPS) is 33.7. The number of carbonyl (C=O) groups is 2. The van der Waals surface area contributed by atoms with E-state index >= 15 is 0 Å². The van der Waals surface area contributed by atoms with Crippen LogP contribution in [0.2, 0.25) is 0 Å². The van der Waals surface area contributed by atoms with Crippen molar-refractivity contribution in [3.8, 4) is 5.75 Å². The zero-order chi connectivity index (χ0) is 20.4. The second-order valence-electron chi connectivity index (χ2n) is 9.25. The number of rotatable bonds is 4. The zero-order valence-corrected chi connectivity index (χ0v) is 17.1. The summed E-state index contributed by atoms with van der Waals surface area (Å²) in [6.07, 6.45) is 4.47. The molecule has 0 radical (unpaired) electrons. The molecule has 4 aliphatic rings. The van der Waals surface area contributed by atoms with Gasteiger partial charge in [0.25, 0.3) is 0 Å². The van der Waals surface area contributed by atoms with Crippen molar-refractivity contribution >= 4 is 17.5 Å². The van der Waals surface area contributed by atoms with E-state index in [1.807, 2.05) is 12.1 Å². The molecule has 1 aromatic carbocycles. The highest BCUT2D eigenvalue weighted by Crippen LogP contribution is 2.59. The number of likely N-dealkylation sites (tertiary alicyclic amines) is 1. The number of ketones is 1. The van der Waals surface area contributed by atoms with E-state index < -0.39 is 11.0 Å². The lowest BCUT2D eigenvalue weighted by molar-refractivity contribution is -0.197. The molecular formula is C23H28N2O4. The summed E-state index contributed by atoms with van der Waals surface area (Å²) in [4.78, 5) is 27.6. The molecule has 0 aromatic heterocycles. The first kappa shape index (κ1) is 18.8. The second-order valence-corrected chi connectivity index (χ2v) is 9.25. The topological polar surface area (TPSA) is 79.7 Å². The molecule has 29 heavy (non-hydrogen) atoms. The quantitative estimate of drug-likeness (QED) is 0.792. The van der Waals surface area contributed by atoms with Gasteiger partial charge in [-0.25, -0.2) is 0 Å². The van der Waals surface area contributed by atoms with Gasteiger partial charge in [-0.1, -0.05) is 6.07 Å². The highest BCUT2D eigenvalue weighted by molar-refractivity contribution is 6.40. The van der Waals surface area contributed by atoms with E-state index in [1.54, 1.807) is 7.11 Å². The highest BCUT2D eigenvalue weighted by Gasteiger charge is 2.68. The van der Waals surface area contributed by atoms with Crippen LogP contribution in [0, 0.1) is 11.3 Å². The summed E-state index contributed by atoms with van der Waals surface area (Å²) in [6, 6.07) is 6.10. The standard InChI is InChI=1S/C23H28N2O4/c1-14(26)29-23-11-19(24)20(27)12-22(23)7-8-25(13-15-3-4-15)21(23)9-16-5-6-17(28-2)10-18(16)22/h5-6,10,15,21,24H,3-4,7-9,11-13H2,1-2H3/t21-,22-,23?/m1/s1. The summed E-state index contributed by atoms with van der Waals surface area (Å²) >= 11 is 0. The minimum absolute atomic E-state index is 0.00454. The van der Waals surface area contributed by atoms with Gasteiger partial charge in [-0.05, 0) is 61.4 Å². The molecule has 6 nitrogen and oxygen atoms in total. The lowest BCUT2D eigenvalue weighted by Gasteiger charge is -2.64. The van der Waals surface area contributed by atoms with Gasteiger partial charge in [0.1, 0.15) is 11.4 Å². The first-order valence-electron chi connectivity index (χ1n) is 10.6. The number of hydrogen-bond donors (Lipinski definition) is 1. The zero-order valence-electron chi connectivity index (χ0n) is 17.1. The number of fused-ring (bicyclic) bond motifs is 1. The van der Waals surface area contributed by atoms with Gasteiger partial charge in [0.2, 0.25) is 0 Å². The van der Waals surface area contributed by atoms with E-state index in [-0.39, 0.29) is 36.3 Å². The van der Waals surface area contributed by atoms with Crippen molar-refractivity contribution in [1.82, 2.24) is 4.90 Å². The molecule has 3 atom stereocenters. The number of nitrogens with zero attached hydrogens (tertiary/aromatic N) is 1. The predicted molar refractivity (Wildman–Crippen MR) is 108 cm³/mol. The molecule has 0 amide bonds. The Labute approximate surface area is 171 Å². The second kappa shape index (κ2) is 6.39. The van der Waals surface area contributed by atoms with Crippen LogP contribution in [0.5, 0.6) is 5.75 Å². The molecule has 2 bridgehead atoms. The van der Waals surface area contributed by atoms with Crippen LogP contribution < -0.4 is 4.74 Å². The van der Waals surface area contributed by atoms with Crippen molar-refractivity contribution in [2.24, 2.45) is 5.92 Å². The van der Waals surface area contributed by atoms with Crippen LogP contribution in [0.1, 0.15) is 50.2 Å². The Morgan fingerprint density at radius 2 is 2.10 bits per heavy atom. The monoisotopic (exact) mass is 396 g/mol. The van der Waals surface area contributed by atoms with Gasteiger partial charge in [-0.3, -0.25) is 14.5 Å². The Morgan fingerprint density at radius 1 is 1.31 bits per heavy atom. The fraction of sp³-hybridized carbons (Fsp3) is 0.609. The predicted octanol–water partition coefficient (Wildman–Crippen LogP) is 2.66. The lowest BCUT2D eigenvalue weighted by Crippen LogP contribution is -2.75. The van der Waals surface area contributed by atoms with Crippen molar-refractivity contribution in [1.29, 1.82) is 5.41 Å². The Morgan fingerprint density at radius 3 is 2.79 bits per heavy atom. The Hall–Kier alpha value is -2.21. The van der Waals surface area contributed by atoms with Crippen LogP contribution in [-0.2, 0) is 26.2 Å². The highest BCUT2D eigenvalue weighted by atomic mass is 16.6. The van der Waals surface area contributed by atoms with E-state index in [4.69, 9.17) is 14.9 Å². The molecule has 1 saturated heterocycles. The number of hydrogen-bond acceptors (Lipinski definition) is 6. The lowest BCUT2D eigenvalue weighted by atomic mass is 9.49. The largest absolute Gasteiger partial charge is 0.497 e. The molecule has 1 N–H and O–H groups in total. The fourth-order valence-electron chi connectivity index (χ4n) is 6.16. The average Bonchev–Trinajstić information content (AvgIpc) is 3.49. The van der Waals surface area contributed by atoms with Crippen LogP contribution in [0.4, 0.5) is 0 Å². The van der Waals surface area contributed by atoms with Crippen molar-refractivity contribution in [2.75, 3.05) is 20.2 Å². The molecule has 1 aromatic rings. The van der Waals surface area contributed by atoms with Crippen LogP contribution in [0.3, 0.4) is 0 Å². The minimum atomic E-state index is -0.865. The van der Waals surface area contributed by atoms with Gasteiger partial charge in [0.15, 0.2) is 5.78 Å². The minimum Gasteiger partial charge on any atom is -0.497 e. The maximum Gasteiger partial charge on any atom is 0.303 e. The molecule has 154 valence electrons. The molecule has 3 aliphatic carbocycles. The smallest absolute Gasteiger partial charge is 0.303 e. The van der Waals surface area contributed by atoms with Crippen molar-refractivity contribution < 1.29 is 19.1 Å². The van der Waals surface area contributed by atoms with E-state index in [2.05, 4.69) is 11.0 Å². The van der Waals surface area contributed by atoms with Crippen molar-refractivity contribution in [3.05, 3.63) is 29.3 Å². The molecule has 1 aliphatic heterocycles. The van der Waals surface area contributed by atoms with Crippen LogP contribution in [-0.4, -0.2) is 54.2 Å². The van der Waals surface area contributed by atoms with Gasteiger partial charge in [0, 0.05) is 31.7 Å². The van der Waals surface area contributed by atoms with E-state index in [1.165, 1.54) is 25.3 Å². The van der Waals surface area contributed by atoms with Gasteiger partial charge >= 0.3 is 5.97 Å². The van der Waals surface area contributed by atoms with Gasteiger partial charge in [-0.15, -0.1) is 0 Å². The van der Waals surface area contributed by atoms with Crippen molar-refractivity contribution in [3.63, 3.8) is 0 Å². The first-order chi connectivity index (χ1) is 13.9. The van der Waals surface area contributed by atoms with Crippen LogP contribution in [0.25, 0.3) is 0 Å². The maximum atomic E-state index is 12.8. The third-order valence-corrected chi connectivity index (χ3v) is 7.61. The molecule has 2 saturated carbocycles. The Bertz CT molecular complexity index is 908. The van der Waals surface area contributed by atoms with E-state index in [9.17, 15) is 9.59 Å². The van der Waals surface area contributed by atoms with Gasteiger partial charge < -0.3 is 14.9 Å². The molecule has 1 unspecified atom stereocenters. The molecule has 0 spiro atoms. The average molecular weight is 396 g/mol. The van der Waals surface area contributed by atoms with E-state index in [0.717, 1.165) is 43.2 Å². The Kier molecular flexibility index (Phi) is 4.14. The molecule has 6 heteroatoms. The molecule has 5 rings (SSSR count). The molecule has 3 fully saturated rings. The van der Waals surface area contributed by atoms with Gasteiger partial charge in [0.05, 0.1) is 18.9 Å². The van der Waals surface area contributed by atoms with Crippen LogP contribution >= 0.6 is 0 Å². The fourth-order valence-corrected chi connectivity index (χ4v) is 6.16. The number of methoxy groups -OCH3 is 1. The molecular weight excluding hydrogens is 368 g/mol. The summed E-state index contributed by atoms with van der Waals surface area (Å²) < 4.78 is 11.7. The third-order valence-electron chi connectivity index (χ3n) is 7.61. The maximum absolute atomic E-state index is 12.8. The van der Waals surface area contributed by atoms with Crippen molar-refractivity contribution in [2.45, 2.75) is 62.5 Å². The number of carbonyl (C=O) groups excluding carboxylic acids is 2. The number of nitrogens with one attached hydrogen (secondary N) is 1. The SMILES string of the molecule is COc1ccc2c(c1)[C@]13CCN(CC4CC4)[C@H](C2)C1(OC(C)=O)CC(=N)C(=O)C3. The summed E-state index contributed by atoms with van der Waals surface area (Å²) in [7, 11) is 1.64. The third kappa shape index (κ3) is 2.68. The summed E-state index contributed by atoms with van der Waals surface area (Å²) in [6.45, 7) is 3.35. The summed E-state index contributed by atoms with van der Waals surface area (Å²) in [5.74, 6) is 1.01. The van der Waals surface area contributed by atoms with Gasteiger partial charge in [-0.2, -0.15) is 0 Å². The summed E-state index contributed by atoms with van der Waals surface area (Å²) in [5.41, 5.74) is 0.914. The Balaban J connectivity index is 1.72. The number of benzene rings is 1.